The van der Waals surface area contributed by atoms with Gasteiger partial charge in [0.15, 0.2) is 0 Å². The number of nitrogens with zero attached hydrogens (tertiary/aromatic N) is 3. The van der Waals surface area contributed by atoms with Crippen LogP contribution in [0.1, 0.15) is 29.0 Å². The molecule has 138 valence electrons. The average molecular weight is 354 g/mol. The summed E-state index contributed by atoms with van der Waals surface area (Å²) >= 11 is 0. The molecule has 1 aliphatic heterocycles. The Kier molecular flexibility index (Phi) is 4.93. The molecule has 2 aliphatic rings. The van der Waals surface area contributed by atoms with E-state index in [2.05, 4.69) is 39.6 Å². The zero-order valence-corrected chi connectivity index (χ0v) is 15.3. The lowest BCUT2D eigenvalue weighted by Crippen LogP contribution is -2.43. The molecule has 4 rings (SSSR count). The van der Waals surface area contributed by atoms with Crippen LogP contribution in [0.15, 0.2) is 34.9 Å². The Bertz CT molecular complexity index is 748. The number of hydrogen-bond donors (Lipinski definition) is 1. The minimum atomic E-state index is -0.0118. The molecule has 1 aromatic carbocycles. The van der Waals surface area contributed by atoms with Gasteiger partial charge in [-0.2, -0.15) is 0 Å². The van der Waals surface area contributed by atoms with E-state index in [0.29, 0.717) is 12.6 Å². The van der Waals surface area contributed by atoms with Crippen LogP contribution in [0.4, 0.5) is 4.79 Å². The van der Waals surface area contributed by atoms with Gasteiger partial charge in [-0.3, -0.25) is 4.90 Å². The van der Waals surface area contributed by atoms with E-state index in [9.17, 15) is 4.79 Å². The molecular formula is C20H26N4O2. The van der Waals surface area contributed by atoms with Gasteiger partial charge in [0.25, 0.3) is 0 Å². The number of hydrogen-bond acceptors (Lipinski definition) is 4. The van der Waals surface area contributed by atoms with Gasteiger partial charge in [0.1, 0.15) is 11.5 Å². The molecule has 0 radical (unpaired) electrons. The topological polar surface area (TPSA) is 61.6 Å². The second kappa shape index (κ2) is 7.50. The molecule has 2 heterocycles. The molecule has 1 fully saturated rings. The first-order valence-corrected chi connectivity index (χ1v) is 9.45. The van der Waals surface area contributed by atoms with Crippen molar-refractivity contribution in [2.75, 3.05) is 26.2 Å². The summed E-state index contributed by atoms with van der Waals surface area (Å²) in [5, 5.41) is 6.87. The molecule has 2 amide bonds. The summed E-state index contributed by atoms with van der Waals surface area (Å²) in [6.07, 6.45) is 3.28. The molecule has 0 bridgehead atoms. The van der Waals surface area contributed by atoms with Crippen LogP contribution < -0.4 is 5.32 Å². The summed E-state index contributed by atoms with van der Waals surface area (Å²) in [4.78, 5) is 17.0. The van der Waals surface area contributed by atoms with E-state index in [4.69, 9.17) is 4.52 Å². The van der Waals surface area contributed by atoms with Crippen molar-refractivity contribution >= 4 is 6.03 Å². The maximum Gasteiger partial charge on any atom is 0.317 e. The minimum Gasteiger partial charge on any atom is -0.361 e. The lowest BCUT2D eigenvalue weighted by atomic mass is 10.1. The third kappa shape index (κ3) is 3.75. The highest BCUT2D eigenvalue weighted by molar-refractivity contribution is 5.74. The minimum absolute atomic E-state index is 0.0118. The van der Waals surface area contributed by atoms with E-state index in [0.717, 1.165) is 56.9 Å². The van der Waals surface area contributed by atoms with Gasteiger partial charge in [-0.1, -0.05) is 29.4 Å². The summed E-state index contributed by atoms with van der Waals surface area (Å²) in [7, 11) is 0. The zero-order chi connectivity index (χ0) is 17.9. The number of rotatable bonds is 3. The number of benzene rings is 1. The third-order valence-corrected chi connectivity index (χ3v) is 5.46. The van der Waals surface area contributed by atoms with Crippen molar-refractivity contribution in [1.29, 1.82) is 0 Å². The summed E-state index contributed by atoms with van der Waals surface area (Å²) in [5.41, 5.74) is 3.73. The van der Waals surface area contributed by atoms with Crippen molar-refractivity contribution in [3.63, 3.8) is 0 Å². The first kappa shape index (κ1) is 17.1. The Morgan fingerprint density at radius 3 is 2.65 bits per heavy atom. The molecule has 1 N–H and O–H groups in total. The predicted octanol–water partition coefficient (Wildman–Crippen LogP) is 2.37. The highest BCUT2D eigenvalue weighted by Crippen LogP contribution is 2.26. The van der Waals surface area contributed by atoms with Crippen LogP contribution in [0.25, 0.3) is 0 Å². The van der Waals surface area contributed by atoms with Crippen molar-refractivity contribution in [2.45, 2.75) is 38.8 Å². The first-order valence-electron chi connectivity index (χ1n) is 9.45. The van der Waals surface area contributed by atoms with Crippen LogP contribution in [0.5, 0.6) is 0 Å². The molecule has 6 heteroatoms. The number of urea groups is 1. The van der Waals surface area contributed by atoms with Crippen LogP contribution in [-0.2, 0) is 19.4 Å². The molecule has 0 saturated carbocycles. The largest absolute Gasteiger partial charge is 0.361 e. The van der Waals surface area contributed by atoms with E-state index in [1.54, 1.807) is 0 Å². The Balaban J connectivity index is 1.29. The maximum absolute atomic E-state index is 12.5. The Morgan fingerprint density at radius 1 is 1.19 bits per heavy atom. The summed E-state index contributed by atoms with van der Waals surface area (Å²) in [6, 6.07) is 11.2. The zero-order valence-electron chi connectivity index (χ0n) is 15.3. The van der Waals surface area contributed by atoms with Gasteiger partial charge >= 0.3 is 6.03 Å². The van der Waals surface area contributed by atoms with E-state index in [1.165, 1.54) is 11.1 Å². The van der Waals surface area contributed by atoms with Crippen LogP contribution in [0, 0.1) is 6.92 Å². The monoisotopic (exact) mass is 354 g/mol. The molecule has 0 spiro atoms. The Morgan fingerprint density at radius 2 is 1.96 bits per heavy atom. The molecule has 1 aromatic heterocycles. The van der Waals surface area contributed by atoms with Gasteiger partial charge in [0.05, 0.1) is 6.54 Å². The number of carbonyl (C=O) groups is 1. The van der Waals surface area contributed by atoms with Crippen molar-refractivity contribution < 1.29 is 9.32 Å². The second-order valence-electron chi connectivity index (χ2n) is 7.29. The van der Waals surface area contributed by atoms with Gasteiger partial charge < -0.3 is 14.7 Å². The van der Waals surface area contributed by atoms with E-state index in [1.807, 2.05) is 17.9 Å². The summed E-state index contributed by atoms with van der Waals surface area (Å²) < 4.78 is 5.04. The quantitative estimate of drug-likeness (QED) is 0.919. The second-order valence-corrected chi connectivity index (χ2v) is 7.29. The van der Waals surface area contributed by atoms with E-state index in [-0.39, 0.29) is 6.03 Å². The fraction of sp³-hybridized carbons (Fsp3) is 0.500. The van der Waals surface area contributed by atoms with Gasteiger partial charge in [-0.25, -0.2) is 4.79 Å². The smallest absolute Gasteiger partial charge is 0.317 e. The van der Waals surface area contributed by atoms with Gasteiger partial charge in [-0.15, -0.1) is 0 Å². The maximum atomic E-state index is 12.5. The number of aromatic nitrogens is 1. The number of fused-ring (bicyclic) bond motifs is 1. The number of aryl methyl sites for hydroxylation is 1. The van der Waals surface area contributed by atoms with Crippen molar-refractivity contribution in [3.05, 3.63) is 52.9 Å². The highest BCUT2D eigenvalue weighted by atomic mass is 16.5. The van der Waals surface area contributed by atoms with Gasteiger partial charge in [0.2, 0.25) is 0 Å². The molecular weight excluding hydrogens is 328 g/mol. The lowest BCUT2D eigenvalue weighted by molar-refractivity contribution is 0.188. The lowest BCUT2D eigenvalue weighted by Gasteiger charge is -2.27. The molecule has 26 heavy (non-hydrogen) atoms. The fourth-order valence-corrected chi connectivity index (χ4v) is 4.08. The Labute approximate surface area is 154 Å². The number of amides is 2. The normalized spacial score (nSPS) is 18.6. The van der Waals surface area contributed by atoms with Gasteiger partial charge in [-0.05, 0) is 37.3 Å². The molecule has 2 aromatic rings. The summed E-state index contributed by atoms with van der Waals surface area (Å²) in [6.45, 7) is 5.84. The Hall–Kier alpha value is -2.34. The third-order valence-electron chi connectivity index (χ3n) is 5.46. The fourth-order valence-electron chi connectivity index (χ4n) is 4.08. The molecule has 0 unspecified atom stereocenters. The van der Waals surface area contributed by atoms with Gasteiger partial charge in [0, 0.05) is 38.3 Å². The predicted molar refractivity (Wildman–Crippen MR) is 98.9 cm³/mol. The van der Waals surface area contributed by atoms with E-state index >= 15 is 0 Å². The first-order chi connectivity index (χ1) is 12.7. The van der Waals surface area contributed by atoms with E-state index < -0.39 is 0 Å². The van der Waals surface area contributed by atoms with Crippen LogP contribution in [-0.4, -0.2) is 53.2 Å². The van der Waals surface area contributed by atoms with Crippen molar-refractivity contribution in [2.24, 2.45) is 0 Å². The van der Waals surface area contributed by atoms with Crippen molar-refractivity contribution in [1.82, 2.24) is 20.3 Å². The standard InChI is InChI=1S/C20H26N4O2/c1-15-11-18(22-26-15)14-21-20(25)24-8-4-7-23(9-10-24)19-12-16-5-2-3-6-17(16)13-19/h2-3,5-6,11,19H,4,7-10,12-14H2,1H3,(H,21,25). The molecule has 6 nitrogen and oxygen atoms in total. The van der Waals surface area contributed by atoms with Crippen LogP contribution in [0.2, 0.25) is 0 Å². The number of nitrogens with one attached hydrogen (secondary N) is 1. The molecule has 1 aliphatic carbocycles. The SMILES string of the molecule is Cc1cc(CNC(=O)N2CCCN(C3Cc4ccccc4C3)CC2)no1. The van der Waals surface area contributed by atoms with Crippen molar-refractivity contribution in [3.8, 4) is 0 Å². The highest BCUT2D eigenvalue weighted by Gasteiger charge is 2.28. The average Bonchev–Trinajstić information content (AvgIpc) is 3.18. The van der Waals surface area contributed by atoms with Crippen LogP contribution in [0.3, 0.4) is 0 Å². The number of carbonyl (C=O) groups excluding carboxylic acids is 1. The molecule has 0 atom stereocenters. The van der Waals surface area contributed by atoms with Crippen LogP contribution >= 0.6 is 0 Å². The molecule has 1 saturated heterocycles. The summed E-state index contributed by atoms with van der Waals surface area (Å²) in [5.74, 6) is 0.761.